The van der Waals surface area contributed by atoms with Gasteiger partial charge in [0, 0.05) is 12.1 Å². The van der Waals surface area contributed by atoms with Crippen molar-refractivity contribution in [2.75, 3.05) is 0 Å². The fraction of sp³-hybridized carbons (Fsp3) is 0.714. The Kier molecular flexibility index (Phi) is 3.55. The van der Waals surface area contributed by atoms with Crippen LogP contribution in [0.1, 0.15) is 62.7 Å². The van der Waals surface area contributed by atoms with E-state index in [0.29, 0.717) is 12.1 Å². The average Bonchev–Trinajstić information content (AvgIpc) is 3.15. The van der Waals surface area contributed by atoms with Crippen molar-refractivity contribution >= 4 is 5.91 Å². The molecule has 5 heteroatoms. The number of hydrogen-bond acceptors (Lipinski definition) is 3. The number of nitrogens with zero attached hydrogens (tertiary/aromatic N) is 2. The number of primary amides is 1. The summed E-state index contributed by atoms with van der Waals surface area (Å²) in [4.78, 5) is 16.0. The second-order valence-corrected chi connectivity index (χ2v) is 5.79. The van der Waals surface area contributed by atoms with Crippen LogP contribution in [0.25, 0.3) is 0 Å². The molecular formula is C14H22N4O. The van der Waals surface area contributed by atoms with E-state index in [9.17, 15) is 4.79 Å². The molecule has 1 aromatic rings. The molecule has 1 heterocycles. The smallest absolute Gasteiger partial charge is 0.240 e. The molecule has 0 aliphatic heterocycles. The summed E-state index contributed by atoms with van der Waals surface area (Å²) in [6, 6.07) is 0.535. The van der Waals surface area contributed by atoms with Crippen molar-refractivity contribution in [1.29, 1.82) is 0 Å². The third-order valence-corrected chi connectivity index (χ3v) is 4.22. The third-order valence-electron chi connectivity index (χ3n) is 4.22. The van der Waals surface area contributed by atoms with Gasteiger partial charge in [0.25, 0.3) is 0 Å². The molecule has 3 N–H and O–H groups in total. The third kappa shape index (κ3) is 2.81. The molecule has 2 aliphatic rings. The van der Waals surface area contributed by atoms with Gasteiger partial charge in [-0.15, -0.1) is 0 Å². The Morgan fingerprint density at radius 3 is 2.68 bits per heavy atom. The molecule has 1 amide bonds. The Hall–Kier alpha value is -1.36. The van der Waals surface area contributed by atoms with Gasteiger partial charge in [0.15, 0.2) is 0 Å². The topological polar surface area (TPSA) is 72.9 Å². The number of aromatic nitrogens is 2. The Bertz CT molecular complexity index is 446. The van der Waals surface area contributed by atoms with Gasteiger partial charge in [-0.2, -0.15) is 0 Å². The van der Waals surface area contributed by atoms with Crippen molar-refractivity contribution in [2.24, 2.45) is 5.73 Å². The van der Waals surface area contributed by atoms with Gasteiger partial charge >= 0.3 is 0 Å². The highest BCUT2D eigenvalue weighted by molar-refractivity contribution is 5.81. The standard InChI is InChI=1S/C14H22N4O/c15-14(19)13(17-10-4-2-1-3-5-10)12-8-16-9-18(12)11-6-7-11/h8-11,13,17H,1-7H2,(H2,15,19). The van der Waals surface area contributed by atoms with E-state index < -0.39 is 6.04 Å². The maximum atomic E-state index is 11.8. The monoisotopic (exact) mass is 262 g/mol. The lowest BCUT2D eigenvalue weighted by atomic mass is 9.94. The number of nitrogens with two attached hydrogens (primary N) is 1. The van der Waals surface area contributed by atoms with Crippen molar-refractivity contribution in [1.82, 2.24) is 14.9 Å². The quantitative estimate of drug-likeness (QED) is 0.847. The summed E-state index contributed by atoms with van der Waals surface area (Å²) in [6.45, 7) is 0. The van der Waals surface area contributed by atoms with Crippen LogP contribution in [-0.4, -0.2) is 21.5 Å². The lowest BCUT2D eigenvalue weighted by Gasteiger charge is -2.27. The molecule has 5 nitrogen and oxygen atoms in total. The van der Waals surface area contributed by atoms with Crippen molar-refractivity contribution in [3.05, 3.63) is 18.2 Å². The molecule has 19 heavy (non-hydrogen) atoms. The van der Waals surface area contributed by atoms with Crippen LogP contribution in [0.15, 0.2) is 12.5 Å². The van der Waals surface area contributed by atoms with Crippen LogP contribution in [0.2, 0.25) is 0 Å². The van der Waals surface area contributed by atoms with E-state index in [1.807, 2.05) is 6.33 Å². The number of amides is 1. The molecule has 0 saturated heterocycles. The lowest BCUT2D eigenvalue weighted by molar-refractivity contribution is -0.120. The van der Waals surface area contributed by atoms with Crippen LogP contribution in [0.3, 0.4) is 0 Å². The van der Waals surface area contributed by atoms with Gasteiger partial charge in [-0.25, -0.2) is 4.98 Å². The van der Waals surface area contributed by atoms with Crippen molar-refractivity contribution in [3.8, 4) is 0 Å². The minimum atomic E-state index is -0.397. The zero-order chi connectivity index (χ0) is 13.2. The average molecular weight is 262 g/mol. The van der Waals surface area contributed by atoms with Gasteiger partial charge in [-0.1, -0.05) is 19.3 Å². The zero-order valence-electron chi connectivity index (χ0n) is 11.2. The summed E-state index contributed by atoms with van der Waals surface area (Å²) in [5.74, 6) is -0.298. The number of imidazole rings is 1. The summed E-state index contributed by atoms with van der Waals surface area (Å²) in [7, 11) is 0. The molecule has 0 spiro atoms. The number of nitrogens with one attached hydrogen (secondary N) is 1. The molecule has 0 bridgehead atoms. The second-order valence-electron chi connectivity index (χ2n) is 5.79. The normalized spacial score (nSPS) is 22.3. The first-order valence-corrected chi connectivity index (χ1v) is 7.33. The molecule has 1 aromatic heterocycles. The molecule has 2 aliphatic carbocycles. The molecule has 104 valence electrons. The van der Waals surface area contributed by atoms with E-state index in [4.69, 9.17) is 5.73 Å². The number of hydrogen-bond donors (Lipinski definition) is 2. The fourth-order valence-electron chi connectivity index (χ4n) is 3.01. The van der Waals surface area contributed by atoms with Gasteiger partial charge in [0.05, 0.1) is 18.2 Å². The molecule has 0 aromatic carbocycles. The van der Waals surface area contributed by atoms with E-state index in [0.717, 1.165) is 18.5 Å². The fourth-order valence-corrected chi connectivity index (χ4v) is 3.01. The number of carbonyl (C=O) groups excluding carboxylic acids is 1. The van der Waals surface area contributed by atoms with Crippen LogP contribution in [0.5, 0.6) is 0 Å². The minimum absolute atomic E-state index is 0.298. The molecular weight excluding hydrogens is 240 g/mol. The highest BCUT2D eigenvalue weighted by Gasteiger charge is 2.31. The highest BCUT2D eigenvalue weighted by atomic mass is 16.1. The van der Waals surface area contributed by atoms with E-state index >= 15 is 0 Å². The largest absolute Gasteiger partial charge is 0.368 e. The maximum Gasteiger partial charge on any atom is 0.240 e. The first kappa shape index (κ1) is 12.7. The maximum absolute atomic E-state index is 11.8. The van der Waals surface area contributed by atoms with Crippen LogP contribution >= 0.6 is 0 Å². The van der Waals surface area contributed by atoms with Crippen LogP contribution < -0.4 is 11.1 Å². The molecule has 1 atom stereocenters. The predicted octanol–water partition coefficient (Wildman–Crippen LogP) is 1.67. The molecule has 0 radical (unpaired) electrons. The molecule has 2 fully saturated rings. The van der Waals surface area contributed by atoms with Crippen molar-refractivity contribution in [2.45, 2.75) is 63.1 Å². The SMILES string of the molecule is NC(=O)C(NC1CCCCC1)c1cncn1C1CC1. The Balaban J connectivity index is 1.75. The first-order chi connectivity index (χ1) is 9.25. The van der Waals surface area contributed by atoms with Crippen molar-refractivity contribution < 1.29 is 4.79 Å². The molecule has 3 rings (SSSR count). The minimum Gasteiger partial charge on any atom is -0.368 e. The van der Waals surface area contributed by atoms with E-state index in [-0.39, 0.29) is 5.91 Å². The van der Waals surface area contributed by atoms with Crippen LogP contribution in [0.4, 0.5) is 0 Å². The van der Waals surface area contributed by atoms with Gasteiger partial charge in [0.2, 0.25) is 5.91 Å². The van der Waals surface area contributed by atoms with E-state index in [1.54, 1.807) is 6.20 Å². The summed E-state index contributed by atoms with van der Waals surface area (Å²) in [6.07, 6.45) is 12.0. The molecule has 2 saturated carbocycles. The van der Waals surface area contributed by atoms with E-state index in [2.05, 4.69) is 14.9 Å². The lowest BCUT2D eigenvalue weighted by Crippen LogP contribution is -2.41. The second kappa shape index (κ2) is 5.33. The van der Waals surface area contributed by atoms with Gasteiger partial charge < -0.3 is 10.3 Å². The van der Waals surface area contributed by atoms with Crippen molar-refractivity contribution in [3.63, 3.8) is 0 Å². The molecule has 1 unspecified atom stereocenters. The van der Waals surface area contributed by atoms with Crippen LogP contribution in [0, 0.1) is 0 Å². The highest BCUT2D eigenvalue weighted by Crippen LogP contribution is 2.37. The van der Waals surface area contributed by atoms with Gasteiger partial charge in [-0.3, -0.25) is 10.1 Å². The van der Waals surface area contributed by atoms with Gasteiger partial charge in [0.1, 0.15) is 6.04 Å². The zero-order valence-corrected chi connectivity index (χ0v) is 11.2. The summed E-state index contributed by atoms with van der Waals surface area (Å²) in [5.41, 5.74) is 6.52. The summed E-state index contributed by atoms with van der Waals surface area (Å²) >= 11 is 0. The Morgan fingerprint density at radius 2 is 2.05 bits per heavy atom. The number of carbonyl (C=O) groups is 1. The predicted molar refractivity (Wildman–Crippen MR) is 72.4 cm³/mol. The number of rotatable bonds is 5. The van der Waals surface area contributed by atoms with E-state index in [1.165, 1.54) is 32.1 Å². The Labute approximate surface area is 113 Å². The van der Waals surface area contributed by atoms with Crippen LogP contribution in [-0.2, 0) is 4.79 Å². The van der Waals surface area contributed by atoms with Gasteiger partial charge in [-0.05, 0) is 25.7 Å². The summed E-state index contributed by atoms with van der Waals surface area (Å²) in [5, 5.41) is 3.45. The summed E-state index contributed by atoms with van der Waals surface area (Å²) < 4.78 is 2.12. The Morgan fingerprint density at radius 1 is 1.32 bits per heavy atom. The first-order valence-electron chi connectivity index (χ1n) is 7.33.